The lowest BCUT2D eigenvalue weighted by Crippen LogP contribution is -2.29. The Kier molecular flexibility index (Phi) is 4.51. The van der Waals surface area contributed by atoms with Gasteiger partial charge in [0.15, 0.2) is 9.84 Å². The van der Waals surface area contributed by atoms with Crippen molar-refractivity contribution in [3.05, 3.63) is 24.3 Å². The zero-order valence-electron chi connectivity index (χ0n) is 9.86. The van der Waals surface area contributed by atoms with Crippen molar-refractivity contribution in [2.24, 2.45) is 0 Å². The van der Waals surface area contributed by atoms with Crippen molar-refractivity contribution in [2.75, 3.05) is 24.7 Å². The largest absolute Gasteiger partial charge is 0.375 e. The molecule has 0 atom stereocenters. The van der Waals surface area contributed by atoms with Gasteiger partial charge in [0.1, 0.15) is 0 Å². The summed E-state index contributed by atoms with van der Waals surface area (Å²) in [4.78, 5) is 11.5. The number of amides is 1. The Labute approximate surface area is 101 Å². The highest BCUT2D eigenvalue weighted by molar-refractivity contribution is 7.90. The maximum Gasteiger partial charge on any atom is 0.239 e. The number of carbonyl (C=O) groups excluding carboxylic acids is 1. The molecule has 0 spiro atoms. The highest BCUT2D eigenvalue weighted by atomic mass is 32.2. The van der Waals surface area contributed by atoms with E-state index in [0.717, 1.165) is 6.26 Å². The van der Waals surface area contributed by atoms with Crippen LogP contribution in [0.2, 0.25) is 0 Å². The van der Waals surface area contributed by atoms with Crippen molar-refractivity contribution < 1.29 is 13.2 Å². The van der Waals surface area contributed by atoms with Gasteiger partial charge in [0.2, 0.25) is 5.91 Å². The molecule has 2 N–H and O–H groups in total. The van der Waals surface area contributed by atoms with Crippen LogP contribution in [-0.4, -0.2) is 33.7 Å². The molecule has 0 aliphatic rings. The van der Waals surface area contributed by atoms with Crippen molar-refractivity contribution >= 4 is 21.4 Å². The van der Waals surface area contributed by atoms with Crippen LogP contribution in [0.15, 0.2) is 29.2 Å². The van der Waals surface area contributed by atoms with Crippen molar-refractivity contribution in [1.29, 1.82) is 0 Å². The van der Waals surface area contributed by atoms with Gasteiger partial charge >= 0.3 is 0 Å². The number of nitrogens with one attached hydrogen (secondary N) is 2. The van der Waals surface area contributed by atoms with Gasteiger partial charge in [0.05, 0.1) is 17.1 Å². The molecule has 17 heavy (non-hydrogen) atoms. The number of hydrogen-bond donors (Lipinski definition) is 2. The third-order valence-electron chi connectivity index (χ3n) is 2.10. The average Bonchev–Trinajstić information content (AvgIpc) is 2.26. The number of rotatable bonds is 5. The molecule has 0 bridgehead atoms. The number of hydrogen-bond acceptors (Lipinski definition) is 4. The zero-order chi connectivity index (χ0) is 12.9. The molecule has 5 nitrogen and oxygen atoms in total. The molecule has 0 aliphatic heterocycles. The number of sulfone groups is 1. The lowest BCUT2D eigenvalue weighted by atomic mass is 10.3. The van der Waals surface area contributed by atoms with Gasteiger partial charge in [-0.1, -0.05) is 12.1 Å². The summed E-state index contributed by atoms with van der Waals surface area (Å²) >= 11 is 0. The van der Waals surface area contributed by atoms with Gasteiger partial charge in [-0.15, -0.1) is 0 Å². The van der Waals surface area contributed by atoms with Crippen LogP contribution in [0, 0.1) is 0 Å². The second-order valence-electron chi connectivity index (χ2n) is 3.58. The fourth-order valence-electron chi connectivity index (χ4n) is 1.37. The van der Waals surface area contributed by atoms with Gasteiger partial charge in [-0.05, 0) is 19.1 Å². The molecule has 1 aromatic rings. The highest BCUT2D eigenvalue weighted by Gasteiger charge is 2.12. The Morgan fingerprint density at radius 1 is 1.29 bits per heavy atom. The minimum Gasteiger partial charge on any atom is -0.375 e. The number of anilines is 1. The number of para-hydroxylation sites is 1. The molecule has 0 fully saturated rings. The normalized spacial score (nSPS) is 10.9. The van der Waals surface area contributed by atoms with E-state index in [-0.39, 0.29) is 17.3 Å². The molecule has 0 saturated carbocycles. The summed E-state index contributed by atoms with van der Waals surface area (Å²) in [7, 11) is -3.29. The second kappa shape index (κ2) is 5.67. The van der Waals surface area contributed by atoms with E-state index in [1.54, 1.807) is 18.2 Å². The zero-order valence-corrected chi connectivity index (χ0v) is 10.7. The van der Waals surface area contributed by atoms with Crippen LogP contribution in [0.25, 0.3) is 0 Å². The van der Waals surface area contributed by atoms with Gasteiger partial charge in [0, 0.05) is 12.8 Å². The number of benzene rings is 1. The van der Waals surface area contributed by atoms with Crippen LogP contribution in [0.5, 0.6) is 0 Å². The first kappa shape index (κ1) is 13.5. The highest BCUT2D eigenvalue weighted by Crippen LogP contribution is 2.19. The summed E-state index contributed by atoms with van der Waals surface area (Å²) in [6, 6.07) is 6.51. The predicted molar refractivity (Wildman–Crippen MR) is 66.7 cm³/mol. The SMILES string of the molecule is CCNC(=O)CNc1ccccc1S(C)(=O)=O. The minimum atomic E-state index is -3.29. The summed E-state index contributed by atoms with van der Waals surface area (Å²) in [5, 5.41) is 5.44. The van der Waals surface area contributed by atoms with E-state index in [9.17, 15) is 13.2 Å². The van der Waals surface area contributed by atoms with Crippen LogP contribution in [-0.2, 0) is 14.6 Å². The van der Waals surface area contributed by atoms with E-state index in [4.69, 9.17) is 0 Å². The van der Waals surface area contributed by atoms with E-state index in [1.165, 1.54) is 6.07 Å². The van der Waals surface area contributed by atoms with E-state index < -0.39 is 9.84 Å². The standard InChI is InChI=1S/C11H16N2O3S/c1-3-12-11(14)8-13-9-6-4-5-7-10(9)17(2,15)16/h4-7,13H,3,8H2,1-2H3,(H,12,14). The lowest BCUT2D eigenvalue weighted by molar-refractivity contribution is -0.119. The molecule has 1 amide bonds. The lowest BCUT2D eigenvalue weighted by Gasteiger charge is -2.10. The maximum absolute atomic E-state index is 11.5. The molecule has 0 saturated heterocycles. The second-order valence-corrected chi connectivity index (χ2v) is 5.56. The number of likely N-dealkylation sites (N-methyl/N-ethyl adjacent to an activating group) is 1. The first-order chi connectivity index (χ1) is 7.95. The molecule has 1 rings (SSSR count). The topological polar surface area (TPSA) is 75.3 Å². The van der Waals surface area contributed by atoms with Crippen LogP contribution in [0.1, 0.15) is 6.92 Å². The van der Waals surface area contributed by atoms with Crippen molar-refractivity contribution in [1.82, 2.24) is 5.32 Å². The van der Waals surface area contributed by atoms with Gasteiger partial charge < -0.3 is 10.6 Å². The Morgan fingerprint density at radius 2 is 1.94 bits per heavy atom. The third-order valence-corrected chi connectivity index (χ3v) is 3.25. The average molecular weight is 256 g/mol. The van der Waals surface area contributed by atoms with Gasteiger partial charge in [-0.3, -0.25) is 4.79 Å². The molecule has 6 heteroatoms. The maximum atomic E-state index is 11.5. The predicted octanol–water partition coefficient (Wildman–Crippen LogP) is 0.638. The molecule has 0 radical (unpaired) electrons. The smallest absolute Gasteiger partial charge is 0.239 e. The van der Waals surface area contributed by atoms with Crippen molar-refractivity contribution in [2.45, 2.75) is 11.8 Å². The third kappa shape index (κ3) is 4.07. The van der Waals surface area contributed by atoms with E-state index in [0.29, 0.717) is 12.2 Å². The van der Waals surface area contributed by atoms with Crippen molar-refractivity contribution in [3.63, 3.8) is 0 Å². The fraction of sp³-hybridized carbons (Fsp3) is 0.364. The van der Waals surface area contributed by atoms with E-state index in [2.05, 4.69) is 10.6 Å². The Balaban J connectivity index is 2.82. The summed E-state index contributed by atoms with van der Waals surface area (Å²) < 4.78 is 23.0. The fourth-order valence-corrected chi connectivity index (χ4v) is 2.24. The molecule has 0 aromatic heterocycles. The molecular weight excluding hydrogens is 240 g/mol. The summed E-state index contributed by atoms with van der Waals surface area (Å²) in [6.07, 6.45) is 1.14. The van der Waals surface area contributed by atoms with Gasteiger partial charge in [-0.25, -0.2) is 8.42 Å². The quantitative estimate of drug-likeness (QED) is 0.810. The van der Waals surface area contributed by atoms with Crippen LogP contribution in [0.3, 0.4) is 0 Å². The first-order valence-electron chi connectivity index (χ1n) is 5.24. The Bertz CT molecular complexity index is 497. The molecule has 94 valence electrons. The summed E-state index contributed by atoms with van der Waals surface area (Å²) in [5.74, 6) is -0.171. The summed E-state index contributed by atoms with van der Waals surface area (Å²) in [6.45, 7) is 2.43. The first-order valence-corrected chi connectivity index (χ1v) is 7.14. The number of carbonyl (C=O) groups is 1. The van der Waals surface area contributed by atoms with Crippen LogP contribution < -0.4 is 10.6 Å². The molecular formula is C11H16N2O3S. The van der Waals surface area contributed by atoms with Crippen LogP contribution in [0.4, 0.5) is 5.69 Å². The van der Waals surface area contributed by atoms with E-state index >= 15 is 0 Å². The molecule has 0 unspecified atom stereocenters. The Hall–Kier alpha value is -1.56. The monoisotopic (exact) mass is 256 g/mol. The summed E-state index contributed by atoms with van der Waals surface area (Å²) in [5.41, 5.74) is 0.446. The molecule has 0 heterocycles. The molecule has 1 aromatic carbocycles. The Morgan fingerprint density at radius 3 is 2.53 bits per heavy atom. The molecule has 0 aliphatic carbocycles. The van der Waals surface area contributed by atoms with Crippen molar-refractivity contribution in [3.8, 4) is 0 Å². The van der Waals surface area contributed by atoms with Gasteiger partial charge in [-0.2, -0.15) is 0 Å². The van der Waals surface area contributed by atoms with Crippen LogP contribution >= 0.6 is 0 Å². The minimum absolute atomic E-state index is 0.0559. The van der Waals surface area contributed by atoms with Gasteiger partial charge in [0.25, 0.3) is 0 Å². The van der Waals surface area contributed by atoms with E-state index in [1.807, 2.05) is 6.92 Å².